The summed E-state index contributed by atoms with van der Waals surface area (Å²) in [7, 11) is 0. The number of aromatic carboxylic acids is 1. The van der Waals surface area contributed by atoms with Crippen molar-refractivity contribution in [1.82, 2.24) is 24.5 Å². The first-order chi connectivity index (χ1) is 21.5. The lowest BCUT2D eigenvalue weighted by molar-refractivity contribution is -0.173. The van der Waals surface area contributed by atoms with Crippen LogP contribution in [-0.2, 0) is 14.2 Å². The number of nitrogens with one attached hydrogen (secondary N) is 2. The molecule has 1 aromatic carbocycles. The van der Waals surface area contributed by atoms with Crippen molar-refractivity contribution in [3.8, 4) is 5.88 Å². The number of amides is 2. The molecule has 14 nitrogen and oxygen atoms in total. The van der Waals surface area contributed by atoms with Gasteiger partial charge in [0.15, 0.2) is 29.5 Å². The van der Waals surface area contributed by atoms with Crippen molar-refractivity contribution in [2.24, 2.45) is 5.92 Å². The maximum atomic E-state index is 12.7. The summed E-state index contributed by atoms with van der Waals surface area (Å²) in [6.07, 6.45) is 7.21. The molecule has 3 aliphatic rings. The highest BCUT2D eigenvalue weighted by Crippen LogP contribution is 2.44. The van der Waals surface area contributed by atoms with Crippen LogP contribution in [0.4, 0.5) is 16.3 Å². The van der Waals surface area contributed by atoms with Gasteiger partial charge >= 0.3 is 12.0 Å². The predicted molar refractivity (Wildman–Crippen MR) is 155 cm³/mol. The molecule has 0 spiro atoms. The van der Waals surface area contributed by atoms with Crippen LogP contribution < -0.4 is 15.4 Å². The summed E-state index contributed by atoms with van der Waals surface area (Å²) in [6, 6.07) is 11.6. The maximum Gasteiger partial charge on any atom is 0.341 e. The Kier molecular flexibility index (Phi) is 7.77. The molecule has 1 saturated carbocycles. The number of fused-ring (bicyclic) bond motifs is 2. The van der Waals surface area contributed by atoms with E-state index >= 15 is 0 Å². The number of nitrogens with zero attached hydrogens (tertiary/aromatic N) is 5. The van der Waals surface area contributed by atoms with Gasteiger partial charge in [-0.3, -0.25) is 9.88 Å². The van der Waals surface area contributed by atoms with Crippen molar-refractivity contribution in [3.63, 3.8) is 0 Å². The number of benzene rings is 1. The molecule has 0 radical (unpaired) electrons. The van der Waals surface area contributed by atoms with E-state index in [9.17, 15) is 14.7 Å². The van der Waals surface area contributed by atoms with E-state index < -0.39 is 42.8 Å². The maximum absolute atomic E-state index is 12.7. The van der Waals surface area contributed by atoms with Crippen LogP contribution in [0.1, 0.15) is 48.7 Å². The molecule has 0 bridgehead atoms. The average molecular weight is 602 g/mol. The third-order valence-electron chi connectivity index (χ3n) is 8.19. The molecule has 5 unspecified atom stereocenters. The second-order valence-electron chi connectivity index (χ2n) is 11.0. The van der Waals surface area contributed by atoms with Crippen LogP contribution in [0.15, 0.2) is 61.3 Å². The molecule has 5 heterocycles. The van der Waals surface area contributed by atoms with Crippen LogP contribution in [-0.4, -0.2) is 72.8 Å². The van der Waals surface area contributed by atoms with Crippen LogP contribution in [0.3, 0.4) is 0 Å². The average Bonchev–Trinajstić information content (AvgIpc) is 3.76. The normalized spacial score (nSPS) is 25.0. The smallest absolute Gasteiger partial charge is 0.341 e. The van der Waals surface area contributed by atoms with Crippen molar-refractivity contribution >= 4 is 34.7 Å². The summed E-state index contributed by atoms with van der Waals surface area (Å²) >= 11 is 0. The van der Waals surface area contributed by atoms with Crippen molar-refractivity contribution in [3.05, 3.63) is 66.9 Å². The Labute approximate surface area is 251 Å². The number of carboxylic acid groups (broad SMARTS) is 1. The number of urea groups is 1. The number of carbonyl (C=O) groups is 2. The first-order valence-corrected chi connectivity index (χ1v) is 14.6. The number of anilines is 2. The van der Waals surface area contributed by atoms with Crippen LogP contribution in [0.2, 0.25) is 0 Å². The Morgan fingerprint density at radius 1 is 0.932 bits per heavy atom. The van der Waals surface area contributed by atoms with E-state index in [1.807, 2.05) is 18.2 Å². The minimum Gasteiger partial charge on any atom is -0.477 e. The molecule has 2 aliphatic heterocycles. The van der Waals surface area contributed by atoms with Gasteiger partial charge in [-0.05, 0) is 37.1 Å². The predicted octanol–water partition coefficient (Wildman–Crippen LogP) is 4.23. The number of para-hydroxylation sites is 1. The zero-order valence-corrected chi connectivity index (χ0v) is 23.6. The summed E-state index contributed by atoms with van der Waals surface area (Å²) in [5, 5.41) is 15.1. The van der Waals surface area contributed by atoms with Gasteiger partial charge in [0, 0.05) is 17.8 Å². The first kappa shape index (κ1) is 28.1. The molecule has 3 fully saturated rings. The lowest BCUT2D eigenvalue weighted by Crippen LogP contribution is -2.34. The van der Waals surface area contributed by atoms with Crippen molar-refractivity contribution in [2.45, 2.75) is 62.9 Å². The van der Waals surface area contributed by atoms with Gasteiger partial charge in [-0.2, -0.15) is 0 Å². The fraction of sp³-hybridized carbons (Fsp3) is 0.400. The summed E-state index contributed by atoms with van der Waals surface area (Å²) in [4.78, 5) is 41.7. The molecule has 228 valence electrons. The van der Waals surface area contributed by atoms with Crippen LogP contribution >= 0.6 is 0 Å². The molecule has 4 aromatic rings. The second kappa shape index (κ2) is 12.1. The van der Waals surface area contributed by atoms with Crippen LogP contribution in [0.5, 0.6) is 5.88 Å². The SMILES string of the molecule is O=C(Nc1ccccc1)Nc1ncnc2c1ncn2C1OC(COc2ncccc2C(=O)O)C2OC(C3CCCCC3)OC21. The van der Waals surface area contributed by atoms with Gasteiger partial charge in [-0.1, -0.05) is 37.5 Å². The van der Waals surface area contributed by atoms with Crippen LogP contribution in [0, 0.1) is 5.92 Å². The third-order valence-corrected chi connectivity index (χ3v) is 8.19. The lowest BCUT2D eigenvalue weighted by Gasteiger charge is -2.28. The van der Waals surface area contributed by atoms with E-state index in [4.69, 9.17) is 18.9 Å². The second-order valence-corrected chi connectivity index (χ2v) is 11.0. The highest BCUT2D eigenvalue weighted by Gasteiger charge is 2.55. The molecule has 3 aromatic heterocycles. The molecule has 3 N–H and O–H groups in total. The molecule has 2 amide bonds. The highest BCUT2D eigenvalue weighted by atomic mass is 16.8. The van der Waals surface area contributed by atoms with Gasteiger partial charge < -0.3 is 29.4 Å². The van der Waals surface area contributed by atoms with Gasteiger partial charge in [0.2, 0.25) is 5.88 Å². The first-order valence-electron chi connectivity index (χ1n) is 14.6. The molecular formula is C30H31N7O7. The molecule has 5 atom stereocenters. The fourth-order valence-corrected chi connectivity index (χ4v) is 6.10. The molecule has 7 rings (SSSR count). The standard InChI is InChI=1S/C30H31N7O7/c38-28(39)19-12-7-13-31-26(19)41-14-20-22-23(44-29(43-22)17-8-3-1-4-9-17)27(42-20)37-16-34-21-24(32-15-33-25(21)37)36-30(40)35-18-10-5-2-6-11-18/h2,5-7,10-13,15-17,20,22-23,27,29H,1,3-4,8-9,14H2,(H,38,39)(H2,32,33,35,36,40). The number of ether oxygens (including phenoxy) is 4. The minimum absolute atomic E-state index is 0.00309. The van der Waals surface area contributed by atoms with E-state index in [1.165, 1.54) is 31.1 Å². The molecular weight excluding hydrogens is 570 g/mol. The van der Waals surface area contributed by atoms with Gasteiger partial charge in [0.05, 0.1) is 6.33 Å². The number of hydrogen-bond donors (Lipinski definition) is 3. The summed E-state index contributed by atoms with van der Waals surface area (Å²) < 4.78 is 27.1. The summed E-state index contributed by atoms with van der Waals surface area (Å²) in [5.41, 5.74) is 1.39. The summed E-state index contributed by atoms with van der Waals surface area (Å²) in [6.45, 7) is -0.0101. The Hall–Kier alpha value is -4.66. The number of carboxylic acids is 1. The largest absolute Gasteiger partial charge is 0.477 e. The van der Waals surface area contributed by atoms with E-state index in [1.54, 1.807) is 23.0 Å². The lowest BCUT2D eigenvalue weighted by atomic mass is 9.89. The van der Waals surface area contributed by atoms with E-state index in [0.29, 0.717) is 16.9 Å². The number of rotatable bonds is 8. The molecule has 44 heavy (non-hydrogen) atoms. The zero-order valence-electron chi connectivity index (χ0n) is 23.6. The van der Waals surface area contributed by atoms with Gasteiger partial charge in [-0.25, -0.2) is 29.5 Å². The topological polar surface area (TPSA) is 172 Å². The van der Waals surface area contributed by atoms with Crippen LogP contribution in [0.25, 0.3) is 11.2 Å². The molecule has 1 aliphatic carbocycles. The number of carbonyl (C=O) groups excluding carboxylic acids is 1. The Balaban J connectivity index is 1.14. The number of pyridine rings is 1. The van der Waals surface area contributed by atoms with E-state index in [-0.39, 0.29) is 29.8 Å². The van der Waals surface area contributed by atoms with Gasteiger partial charge in [-0.15, -0.1) is 0 Å². The van der Waals surface area contributed by atoms with Crippen molar-refractivity contribution < 1.29 is 33.6 Å². The number of hydrogen-bond acceptors (Lipinski definition) is 10. The third kappa shape index (κ3) is 5.54. The Morgan fingerprint density at radius 2 is 1.75 bits per heavy atom. The van der Waals surface area contributed by atoms with Gasteiger partial charge in [0.1, 0.15) is 36.8 Å². The fourth-order valence-electron chi connectivity index (χ4n) is 6.10. The quantitative estimate of drug-likeness (QED) is 0.264. The van der Waals surface area contributed by atoms with E-state index in [2.05, 4.69) is 30.6 Å². The number of imidazole rings is 1. The van der Waals surface area contributed by atoms with Gasteiger partial charge in [0.25, 0.3) is 0 Å². The monoisotopic (exact) mass is 601 g/mol. The molecule has 2 saturated heterocycles. The Bertz CT molecular complexity index is 1650. The van der Waals surface area contributed by atoms with Crippen molar-refractivity contribution in [2.75, 3.05) is 17.2 Å². The zero-order chi connectivity index (χ0) is 30.0. The Morgan fingerprint density at radius 3 is 2.57 bits per heavy atom. The summed E-state index contributed by atoms with van der Waals surface area (Å²) in [5.74, 6) is -0.638. The minimum atomic E-state index is -1.14. The van der Waals surface area contributed by atoms with E-state index in [0.717, 1.165) is 25.7 Å². The number of aromatic nitrogens is 5. The molecule has 14 heteroatoms. The van der Waals surface area contributed by atoms with Crippen molar-refractivity contribution in [1.29, 1.82) is 0 Å². The highest BCUT2D eigenvalue weighted by molar-refractivity contribution is 6.02.